The first kappa shape index (κ1) is 7.97. The molecule has 0 spiro atoms. The van der Waals surface area contributed by atoms with E-state index < -0.39 is 0 Å². The van der Waals surface area contributed by atoms with Crippen LogP contribution in [-0.2, 0) is 6.54 Å². The summed E-state index contributed by atoms with van der Waals surface area (Å²) in [5.41, 5.74) is 1.12. The van der Waals surface area contributed by atoms with Crippen molar-refractivity contribution in [3.05, 3.63) is 29.7 Å². The molecule has 2 rings (SSSR count). The smallest absolute Gasteiger partial charge is 0.248 e. The van der Waals surface area contributed by atoms with E-state index in [1.165, 1.54) is 0 Å². The van der Waals surface area contributed by atoms with E-state index in [0.717, 1.165) is 5.56 Å². The summed E-state index contributed by atoms with van der Waals surface area (Å²) in [6, 6.07) is 0. The molecule has 2 aromatic heterocycles. The van der Waals surface area contributed by atoms with Gasteiger partial charge in [0.1, 0.15) is 6.54 Å². The van der Waals surface area contributed by atoms with Crippen LogP contribution in [0.15, 0.2) is 16.9 Å². The molecule has 5 heteroatoms. The third kappa shape index (κ3) is 1.74. The molecule has 0 atom stereocenters. The fourth-order valence-corrected chi connectivity index (χ4v) is 1.10. The fourth-order valence-electron chi connectivity index (χ4n) is 1.10. The third-order valence-corrected chi connectivity index (χ3v) is 1.63. The minimum absolute atomic E-state index is 0.536. The van der Waals surface area contributed by atoms with E-state index in [1.54, 1.807) is 17.8 Å². The molecule has 0 saturated carbocycles. The maximum absolute atomic E-state index is 4.96. The van der Waals surface area contributed by atoms with Gasteiger partial charge >= 0.3 is 0 Å². The predicted octanol–water partition coefficient (Wildman–Crippen LogP) is 0.931. The predicted molar refractivity (Wildman–Crippen MR) is 45.1 cm³/mol. The van der Waals surface area contributed by atoms with Gasteiger partial charge in [0, 0.05) is 6.20 Å². The molecule has 0 aliphatic heterocycles. The molecule has 13 heavy (non-hydrogen) atoms. The quantitative estimate of drug-likeness (QED) is 0.686. The summed E-state index contributed by atoms with van der Waals surface area (Å²) in [4.78, 5) is 4.08. The number of hydrogen-bond acceptors (Lipinski definition) is 4. The Labute approximate surface area is 75.4 Å². The summed E-state index contributed by atoms with van der Waals surface area (Å²) in [5.74, 6) is 1.24. The van der Waals surface area contributed by atoms with Crippen molar-refractivity contribution in [2.45, 2.75) is 20.4 Å². The largest absolute Gasteiger partial charge is 0.337 e. The first-order chi connectivity index (χ1) is 6.24. The number of nitrogens with zero attached hydrogens (tertiary/aromatic N) is 4. The van der Waals surface area contributed by atoms with Gasteiger partial charge in [0.25, 0.3) is 0 Å². The van der Waals surface area contributed by atoms with E-state index in [0.29, 0.717) is 18.3 Å². The van der Waals surface area contributed by atoms with Crippen LogP contribution in [0.5, 0.6) is 0 Å². The summed E-state index contributed by atoms with van der Waals surface area (Å²) in [7, 11) is 0. The summed E-state index contributed by atoms with van der Waals surface area (Å²) in [6.45, 7) is 4.32. The van der Waals surface area contributed by atoms with Crippen molar-refractivity contribution in [1.29, 1.82) is 0 Å². The normalized spacial score (nSPS) is 10.6. The van der Waals surface area contributed by atoms with E-state index in [2.05, 4.69) is 15.2 Å². The Hall–Kier alpha value is -1.65. The molecule has 0 aromatic carbocycles. The van der Waals surface area contributed by atoms with Crippen molar-refractivity contribution < 1.29 is 4.52 Å². The molecular formula is C8H10N4O. The Morgan fingerprint density at radius 3 is 2.85 bits per heavy atom. The van der Waals surface area contributed by atoms with E-state index in [9.17, 15) is 0 Å². The second-order valence-corrected chi connectivity index (χ2v) is 2.95. The Balaban J connectivity index is 2.14. The molecule has 0 aliphatic rings. The van der Waals surface area contributed by atoms with Crippen LogP contribution in [0.1, 0.15) is 17.3 Å². The average Bonchev–Trinajstić information content (AvgIpc) is 2.62. The topological polar surface area (TPSA) is 56.7 Å². The molecular weight excluding hydrogens is 168 g/mol. The SMILES string of the molecule is Cc1cnn(Cc2nc(C)no2)c1. The maximum Gasteiger partial charge on any atom is 0.248 e. The van der Waals surface area contributed by atoms with Crippen molar-refractivity contribution in [2.24, 2.45) is 0 Å². The molecule has 2 aromatic rings. The minimum Gasteiger partial charge on any atom is -0.337 e. The average molecular weight is 178 g/mol. The summed E-state index contributed by atoms with van der Waals surface area (Å²) >= 11 is 0. The van der Waals surface area contributed by atoms with Gasteiger partial charge in [0.2, 0.25) is 5.89 Å². The van der Waals surface area contributed by atoms with Gasteiger partial charge in [-0.05, 0) is 19.4 Å². The van der Waals surface area contributed by atoms with Gasteiger partial charge in [-0.15, -0.1) is 0 Å². The number of rotatable bonds is 2. The molecule has 0 saturated heterocycles. The molecule has 5 nitrogen and oxygen atoms in total. The van der Waals surface area contributed by atoms with Gasteiger partial charge in [-0.1, -0.05) is 5.16 Å². The van der Waals surface area contributed by atoms with Crippen LogP contribution in [0, 0.1) is 13.8 Å². The van der Waals surface area contributed by atoms with Crippen LogP contribution in [0.4, 0.5) is 0 Å². The zero-order valence-electron chi connectivity index (χ0n) is 7.56. The Morgan fingerprint density at radius 2 is 2.31 bits per heavy atom. The first-order valence-electron chi connectivity index (χ1n) is 4.02. The van der Waals surface area contributed by atoms with Crippen molar-refractivity contribution >= 4 is 0 Å². The minimum atomic E-state index is 0.536. The molecule has 0 unspecified atom stereocenters. The van der Waals surface area contributed by atoms with Gasteiger partial charge in [0.15, 0.2) is 5.82 Å². The van der Waals surface area contributed by atoms with Gasteiger partial charge in [-0.3, -0.25) is 4.68 Å². The summed E-state index contributed by atoms with van der Waals surface area (Å²) < 4.78 is 6.72. The van der Waals surface area contributed by atoms with Crippen molar-refractivity contribution in [3.8, 4) is 0 Å². The maximum atomic E-state index is 4.96. The lowest BCUT2D eigenvalue weighted by molar-refractivity contribution is 0.362. The number of hydrogen-bond donors (Lipinski definition) is 0. The molecule has 2 heterocycles. The first-order valence-corrected chi connectivity index (χ1v) is 4.02. The fraction of sp³-hybridized carbons (Fsp3) is 0.375. The molecule has 0 aliphatic carbocycles. The van der Waals surface area contributed by atoms with E-state index >= 15 is 0 Å². The second kappa shape index (κ2) is 3.01. The standard InChI is InChI=1S/C8H10N4O/c1-6-3-9-12(4-6)5-8-10-7(2)11-13-8/h3-4H,5H2,1-2H3. The third-order valence-electron chi connectivity index (χ3n) is 1.63. The van der Waals surface area contributed by atoms with Crippen LogP contribution in [-0.4, -0.2) is 19.9 Å². The van der Waals surface area contributed by atoms with Crippen LogP contribution in [0.3, 0.4) is 0 Å². The van der Waals surface area contributed by atoms with Crippen LogP contribution in [0.25, 0.3) is 0 Å². The highest BCUT2D eigenvalue weighted by Crippen LogP contribution is 2.00. The van der Waals surface area contributed by atoms with Crippen LogP contribution < -0.4 is 0 Å². The highest BCUT2D eigenvalue weighted by atomic mass is 16.5. The van der Waals surface area contributed by atoms with E-state index in [1.807, 2.05) is 13.1 Å². The summed E-state index contributed by atoms with van der Waals surface area (Å²) in [5, 5.41) is 7.80. The van der Waals surface area contributed by atoms with Crippen LogP contribution in [0.2, 0.25) is 0 Å². The molecule has 68 valence electrons. The zero-order chi connectivity index (χ0) is 9.26. The monoisotopic (exact) mass is 178 g/mol. The molecule has 0 N–H and O–H groups in total. The Morgan fingerprint density at radius 1 is 1.46 bits per heavy atom. The highest BCUT2D eigenvalue weighted by Gasteiger charge is 2.03. The lowest BCUT2D eigenvalue weighted by Crippen LogP contribution is -1.99. The van der Waals surface area contributed by atoms with Gasteiger partial charge < -0.3 is 4.52 Å². The zero-order valence-corrected chi connectivity index (χ0v) is 7.56. The van der Waals surface area contributed by atoms with Crippen molar-refractivity contribution in [2.75, 3.05) is 0 Å². The molecule has 0 bridgehead atoms. The van der Waals surface area contributed by atoms with E-state index in [4.69, 9.17) is 4.52 Å². The Bertz CT molecular complexity index is 365. The number of aromatic nitrogens is 4. The van der Waals surface area contributed by atoms with Gasteiger partial charge in [0.05, 0.1) is 6.20 Å². The van der Waals surface area contributed by atoms with Crippen molar-refractivity contribution in [1.82, 2.24) is 19.9 Å². The lowest BCUT2D eigenvalue weighted by Gasteiger charge is -1.93. The van der Waals surface area contributed by atoms with E-state index in [-0.39, 0.29) is 0 Å². The highest BCUT2D eigenvalue weighted by molar-refractivity contribution is 5.00. The molecule has 0 amide bonds. The van der Waals surface area contributed by atoms with Crippen molar-refractivity contribution in [3.63, 3.8) is 0 Å². The lowest BCUT2D eigenvalue weighted by atomic mass is 10.4. The molecule has 0 radical (unpaired) electrons. The molecule has 0 fully saturated rings. The Kier molecular flexibility index (Phi) is 1.84. The van der Waals surface area contributed by atoms with Gasteiger partial charge in [-0.2, -0.15) is 10.1 Å². The summed E-state index contributed by atoms with van der Waals surface area (Å²) in [6.07, 6.45) is 3.72. The van der Waals surface area contributed by atoms with Crippen LogP contribution >= 0.6 is 0 Å². The van der Waals surface area contributed by atoms with Gasteiger partial charge in [-0.25, -0.2) is 0 Å². The second-order valence-electron chi connectivity index (χ2n) is 2.95. The number of aryl methyl sites for hydroxylation is 2.